The van der Waals surface area contributed by atoms with E-state index >= 15 is 0 Å². The molecule has 0 bridgehead atoms. The second kappa shape index (κ2) is 13.0. The van der Waals surface area contributed by atoms with Crippen LogP contribution in [0.4, 0.5) is 18.9 Å². The average Bonchev–Trinajstić information content (AvgIpc) is 3.33. The number of hydrogen-bond donors (Lipinski definition) is 1. The number of ether oxygens (including phenoxy) is 1. The number of carbonyl (C=O) groups is 1. The fourth-order valence-electron chi connectivity index (χ4n) is 5.77. The molecule has 2 aliphatic heterocycles. The molecule has 1 N–H and O–H groups in total. The standard InChI is InChI=1S/C32H30BrClF3N5O3/c33-25-11-6-22(16-26(25)34)18-39-12-13-41-27(19-39)29(30(43)38-17-21-4-2-1-3-5-21)42(31(41)44)24-9-7-23(8-10-24)40-14-15-45-28(20-40)32(35,36)37/h1-11,16,28H,12-15,17-20H2,(H,38,43)/t28-/m0/s1. The molecule has 8 nitrogen and oxygen atoms in total. The van der Waals surface area contributed by atoms with Crippen molar-refractivity contribution in [1.29, 1.82) is 0 Å². The summed E-state index contributed by atoms with van der Waals surface area (Å²) in [4.78, 5) is 31.5. The molecule has 0 aliphatic carbocycles. The average molecular weight is 705 g/mol. The molecular formula is C32H30BrClF3N5O3. The molecule has 3 aromatic carbocycles. The molecule has 0 radical (unpaired) electrons. The van der Waals surface area contributed by atoms with Crippen LogP contribution in [0.3, 0.4) is 0 Å². The fraction of sp³-hybridized carbons (Fsp3) is 0.312. The highest BCUT2D eigenvalue weighted by molar-refractivity contribution is 9.10. The van der Waals surface area contributed by atoms with Gasteiger partial charge in [-0.05, 0) is 63.5 Å². The summed E-state index contributed by atoms with van der Waals surface area (Å²) in [6.07, 6.45) is -6.33. The molecule has 45 heavy (non-hydrogen) atoms. The molecule has 3 heterocycles. The van der Waals surface area contributed by atoms with Gasteiger partial charge in [0.15, 0.2) is 6.10 Å². The topological polar surface area (TPSA) is 71.7 Å². The molecule has 0 spiro atoms. The molecule has 1 saturated heterocycles. The van der Waals surface area contributed by atoms with Crippen molar-refractivity contribution in [2.75, 3.05) is 31.1 Å². The van der Waals surface area contributed by atoms with E-state index in [2.05, 4.69) is 26.1 Å². The zero-order valence-electron chi connectivity index (χ0n) is 24.1. The van der Waals surface area contributed by atoms with E-state index in [1.807, 2.05) is 48.5 Å². The number of nitrogens with zero attached hydrogens (tertiary/aromatic N) is 4. The van der Waals surface area contributed by atoms with Gasteiger partial charge in [0.2, 0.25) is 0 Å². The predicted molar refractivity (Wildman–Crippen MR) is 169 cm³/mol. The highest BCUT2D eigenvalue weighted by Crippen LogP contribution is 2.30. The lowest BCUT2D eigenvalue weighted by Gasteiger charge is -2.35. The second-order valence-corrected chi connectivity index (χ2v) is 12.3. The number of benzene rings is 3. The van der Waals surface area contributed by atoms with Crippen molar-refractivity contribution >= 4 is 39.1 Å². The fourth-order valence-corrected chi connectivity index (χ4v) is 6.22. The van der Waals surface area contributed by atoms with Gasteiger partial charge in [0.25, 0.3) is 5.91 Å². The quantitative estimate of drug-likeness (QED) is 0.265. The number of amides is 1. The lowest BCUT2D eigenvalue weighted by Crippen LogP contribution is -2.49. The van der Waals surface area contributed by atoms with Crippen LogP contribution in [0.2, 0.25) is 5.02 Å². The largest absolute Gasteiger partial charge is 0.416 e. The van der Waals surface area contributed by atoms with Crippen molar-refractivity contribution in [3.63, 3.8) is 0 Å². The van der Waals surface area contributed by atoms with Crippen molar-refractivity contribution in [2.24, 2.45) is 0 Å². The van der Waals surface area contributed by atoms with Crippen LogP contribution in [0.5, 0.6) is 0 Å². The molecule has 2 aliphatic rings. The summed E-state index contributed by atoms with van der Waals surface area (Å²) in [5, 5.41) is 3.57. The molecule has 1 fully saturated rings. The first-order valence-corrected chi connectivity index (χ1v) is 15.6. The Bertz CT molecular complexity index is 1740. The number of imidazole rings is 1. The molecule has 236 valence electrons. The van der Waals surface area contributed by atoms with Crippen LogP contribution in [-0.4, -0.2) is 58.5 Å². The molecular weight excluding hydrogens is 675 g/mol. The van der Waals surface area contributed by atoms with Crippen molar-refractivity contribution in [1.82, 2.24) is 19.4 Å². The number of morpholine rings is 1. The molecule has 0 unspecified atom stereocenters. The molecule has 1 atom stereocenters. The monoisotopic (exact) mass is 703 g/mol. The Balaban J connectivity index is 1.32. The lowest BCUT2D eigenvalue weighted by atomic mass is 10.1. The van der Waals surface area contributed by atoms with Crippen LogP contribution in [-0.2, 0) is 30.9 Å². The Labute approximate surface area is 271 Å². The van der Waals surface area contributed by atoms with Gasteiger partial charge in [-0.25, -0.2) is 4.79 Å². The minimum Gasteiger partial charge on any atom is -0.366 e. The molecule has 1 aromatic heterocycles. The van der Waals surface area contributed by atoms with E-state index < -0.39 is 18.2 Å². The summed E-state index contributed by atoms with van der Waals surface area (Å²) in [5.74, 6) is -0.400. The SMILES string of the molecule is O=C(NCc1ccccc1)c1c2n(c(=O)n1-c1ccc(N3CCO[C@H](C(F)(F)F)C3)cc1)CCN(Cc1ccc(Br)c(Cl)c1)C2. The number of nitrogens with one attached hydrogen (secondary N) is 1. The summed E-state index contributed by atoms with van der Waals surface area (Å²) in [5.41, 5.74) is 3.40. The van der Waals surface area contributed by atoms with E-state index in [4.69, 9.17) is 16.3 Å². The third kappa shape index (κ3) is 6.84. The minimum atomic E-state index is -4.46. The summed E-state index contributed by atoms with van der Waals surface area (Å²) >= 11 is 9.74. The molecule has 1 amide bonds. The van der Waals surface area contributed by atoms with Gasteiger partial charge >= 0.3 is 11.9 Å². The van der Waals surface area contributed by atoms with Gasteiger partial charge in [0.05, 0.1) is 29.6 Å². The van der Waals surface area contributed by atoms with E-state index in [1.54, 1.807) is 33.7 Å². The van der Waals surface area contributed by atoms with E-state index in [0.717, 1.165) is 15.6 Å². The summed E-state index contributed by atoms with van der Waals surface area (Å²) in [7, 11) is 0. The maximum absolute atomic E-state index is 13.9. The van der Waals surface area contributed by atoms with Crippen molar-refractivity contribution < 1.29 is 22.7 Å². The molecule has 0 saturated carbocycles. The van der Waals surface area contributed by atoms with Crippen LogP contribution in [0.1, 0.15) is 27.3 Å². The van der Waals surface area contributed by atoms with Crippen LogP contribution in [0.15, 0.2) is 82.1 Å². The Morgan fingerprint density at radius 3 is 2.42 bits per heavy atom. The number of halogens is 5. The van der Waals surface area contributed by atoms with Gasteiger partial charge in [0.1, 0.15) is 5.69 Å². The highest BCUT2D eigenvalue weighted by Gasteiger charge is 2.43. The maximum Gasteiger partial charge on any atom is 0.416 e. The van der Waals surface area contributed by atoms with Gasteiger partial charge in [-0.1, -0.05) is 48.0 Å². The summed E-state index contributed by atoms with van der Waals surface area (Å²) < 4.78 is 48.7. The van der Waals surface area contributed by atoms with E-state index in [9.17, 15) is 22.8 Å². The Kier molecular flexibility index (Phi) is 9.10. The summed E-state index contributed by atoms with van der Waals surface area (Å²) in [6.45, 7) is 2.11. The first kappa shape index (κ1) is 31.4. The van der Waals surface area contributed by atoms with Crippen molar-refractivity contribution in [2.45, 2.75) is 38.5 Å². The van der Waals surface area contributed by atoms with Crippen LogP contribution >= 0.6 is 27.5 Å². The molecule has 6 rings (SSSR count). The third-order valence-corrected chi connectivity index (χ3v) is 9.30. The van der Waals surface area contributed by atoms with E-state index in [0.29, 0.717) is 54.8 Å². The minimum absolute atomic E-state index is 0.0493. The number of carbonyl (C=O) groups excluding carboxylic acids is 1. The Morgan fingerprint density at radius 1 is 0.978 bits per heavy atom. The zero-order chi connectivity index (χ0) is 31.7. The van der Waals surface area contributed by atoms with E-state index in [-0.39, 0.29) is 31.1 Å². The normalized spacial score (nSPS) is 17.3. The van der Waals surface area contributed by atoms with Gasteiger partial charge in [0, 0.05) is 49.4 Å². The smallest absolute Gasteiger partial charge is 0.366 e. The van der Waals surface area contributed by atoms with Crippen LogP contribution in [0, 0.1) is 0 Å². The van der Waals surface area contributed by atoms with E-state index in [1.165, 1.54) is 4.57 Å². The lowest BCUT2D eigenvalue weighted by molar-refractivity contribution is -0.221. The van der Waals surface area contributed by atoms with Crippen molar-refractivity contribution in [3.8, 4) is 5.69 Å². The highest BCUT2D eigenvalue weighted by atomic mass is 79.9. The molecule has 13 heteroatoms. The Hall–Kier alpha value is -3.58. The number of rotatable bonds is 7. The number of fused-ring (bicyclic) bond motifs is 1. The molecule has 4 aromatic rings. The predicted octanol–water partition coefficient (Wildman–Crippen LogP) is 5.77. The Morgan fingerprint density at radius 2 is 1.71 bits per heavy atom. The maximum atomic E-state index is 13.9. The number of hydrogen-bond acceptors (Lipinski definition) is 5. The number of alkyl halides is 3. The zero-order valence-corrected chi connectivity index (χ0v) is 26.4. The number of anilines is 1. The number of aromatic nitrogens is 2. The van der Waals surface area contributed by atoms with Gasteiger partial charge in [-0.2, -0.15) is 13.2 Å². The van der Waals surface area contributed by atoms with Crippen LogP contribution < -0.4 is 15.9 Å². The first-order chi connectivity index (χ1) is 21.6. The second-order valence-electron chi connectivity index (χ2n) is 11.1. The summed E-state index contributed by atoms with van der Waals surface area (Å²) in [6, 6.07) is 21.9. The van der Waals surface area contributed by atoms with Gasteiger partial charge in [-0.3, -0.25) is 18.8 Å². The first-order valence-electron chi connectivity index (χ1n) is 14.4. The van der Waals surface area contributed by atoms with Crippen LogP contribution in [0.25, 0.3) is 5.69 Å². The third-order valence-electron chi connectivity index (χ3n) is 8.06. The van der Waals surface area contributed by atoms with Crippen molar-refractivity contribution in [3.05, 3.63) is 115 Å². The van der Waals surface area contributed by atoms with Gasteiger partial charge in [-0.15, -0.1) is 0 Å². The van der Waals surface area contributed by atoms with Gasteiger partial charge < -0.3 is 15.0 Å².